The number of furan rings is 1. The van der Waals surface area contributed by atoms with E-state index in [-0.39, 0.29) is 11.3 Å². The molecule has 2 aromatic carbocycles. The Morgan fingerprint density at radius 1 is 1.10 bits per heavy atom. The second-order valence-electron chi connectivity index (χ2n) is 7.28. The summed E-state index contributed by atoms with van der Waals surface area (Å²) >= 11 is 3.41. The molecular weight excluding hydrogens is 462 g/mol. The third kappa shape index (κ3) is 3.65. The fourth-order valence-corrected chi connectivity index (χ4v) is 4.16. The van der Waals surface area contributed by atoms with Crippen LogP contribution in [-0.4, -0.2) is 23.9 Å². The first-order chi connectivity index (χ1) is 14.8. The van der Waals surface area contributed by atoms with Gasteiger partial charge in [0, 0.05) is 15.7 Å². The third-order valence-corrected chi connectivity index (χ3v) is 5.72. The monoisotopic (exact) mass is 481 g/mol. The zero-order valence-corrected chi connectivity index (χ0v) is 18.8. The van der Waals surface area contributed by atoms with Crippen molar-refractivity contribution in [3.05, 3.63) is 87.3 Å². The number of anilines is 1. The molecule has 1 aliphatic rings. The van der Waals surface area contributed by atoms with E-state index in [1.807, 2.05) is 13.0 Å². The lowest BCUT2D eigenvalue weighted by Crippen LogP contribution is -2.29. The molecule has 6 nitrogen and oxygen atoms in total. The predicted molar refractivity (Wildman–Crippen MR) is 120 cm³/mol. The summed E-state index contributed by atoms with van der Waals surface area (Å²) in [5, 5.41) is 11.1. The van der Waals surface area contributed by atoms with E-state index < -0.39 is 17.7 Å². The SMILES string of the molecule is COc1ccc(/C(O)=C2/C(=O)C(=O)N(c3cccc(Br)c3)C2c2ccc(C)o2)cc1C. The highest BCUT2D eigenvalue weighted by Gasteiger charge is 2.48. The first kappa shape index (κ1) is 20.9. The van der Waals surface area contributed by atoms with Gasteiger partial charge in [0.2, 0.25) is 0 Å². The number of amides is 1. The van der Waals surface area contributed by atoms with E-state index in [1.165, 1.54) is 4.90 Å². The van der Waals surface area contributed by atoms with Gasteiger partial charge < -0.3 is 14.3 Å². The molecule has 0 aliphatic carbocycles. The van der Waals surface area contributed by atoms with E-state index in [1.54, 1.807) is 62.6 Å². The molecule has 0 radical (unpaired) electrons. The van der Waals surface area contributed by atoms with Crippen molar-refractivity contribution in [1.29, 1.82) is 0 Å². The van der Waals surface area contributed by atoms with E-state index in [0.29, 0.717) is 28.5 Å². The summed E-state index contributed by atoms with van der Waals surface area (Å²) in [6, 6.07) is 14.7. The van der Waals surface area contributed by atoms with Crippen LogP contribution in [0, 0.1) is 13.8 Å². The van der Waals surface area contributed by atoms with Gasteiger partial charge in [0.25, 0.3) is 11.7 Å². The van der Waals surface area contributed by atoms with Gasteiger partial charge in [0.15, 0.2) is 0 Å². The molecule has 0 saturated carbocycles. The second-order valence-corrected chi connectivity index (χ2v) is 8.20. The number of ketones is 1. The third-order valence-electron chi connectivity index (χ3n) is 5.23. The summed E-state index contributed by atoms with van der Waals surface area (Å²) in [7, 11) is 1.56. The molecule has 0 bridgehead atoms. The Bertz CT molecular complexity index is 1230. The number of ether oxygens (including phenoxy) is 1. The number of benzene rings is 2. The van der Waals surface area contributed by atoms with E-state index in [0.717, 1.165) is 10.0 Å². The maximum Gasteiger partial charge on any atom is 0.300 e. The Morgan fingerprint density at radius 2 is 1.87 bits per heavy atom. The number of aliphatic hydroxyl groups excluding tert-OH is 1. The van der Waals surface area contributed by atoms with Crippen molar-refractivity contribution in [2.45, 2.75) is 19.9 Å². The summed E-state index contributed by atoms with van der Waals surface area (Å²) in [4.78, 5) is 27.5. The van der Waals surface area contributed by atoms with Crippen molar-refractivity contribution in [2.24, 2.45) is 0 Å². The summed E-state index contributed by atoms with van der Waals surface area (Å²) in [6.07, 6.45) is 0. The lowest BCUT2D eigenvalue weighted by Gasteiger charge is -2.23. The number of halogens is 1. The van der Waals surface area contributed by atoms with Crippen LogP contribution in [0.15, 0.2) is 69.1 Å². The summed E-state index contributed by atoms with van der Waals surface area (Å²) < 4.78 is 11.8. The summed E-state index contributed by atoms with van der Waals surface area (Å²) in [5.74, 6) is -0.0856. The molecule has 0 spiro atoms. The number of hydrogen-bond acceptors (Lipinski definition) is 5. The van der Waals surface area contributed by atoms with Gasteiger partial charge in [-0.1, -0.05) is 22.0 Å². The molecule has 1 N–H and O–H groups in total. The Morgan fingerprint density at radius 3 is 2.48 bits per heavy atom. The normalized spacial score (nSPS) is 17.9. The van der Waals surface area contributed by atoms with Crippen molar-refractivity contribution in [1.82, 2.24) is 0 Å². The maximum absolute atomic E-state index is 13.1. The van der Waals surface area contributed by atoms with Crippen molar-refractivity contribution in [2.75, 3.05) is 12.0 Å². The molecule has 1 fully saturated rings. The average molecular weight is 482 g/mol. The molecule has 1 aliphatic heterocycles. The first-order valence-electron chi connectivity index (χ1n) is 9.59. The molecule has 158 valence electrons. The van der Waals surface area contributed by atoms with E-state index in [2.05, 4.69) is 15.9 Å². The molecule has 7 heteroatoms. The van der Waals surface area contributed by atoms with E-state index in [9.17, 15) is 14.7 Å². The molecule has 1 amide bonds. The Labute approximate surface area is 187 Å². The van der Waals surface area contributed by atoms with Gasteiger partial charge in [0.1, 0.15) is 29.1 Å². The van der Waals surface area contributed by atoms with Gasteiger partial charge in [-0.2, -0.15) is 0 Å². The number of carbonyl (C=O) groups is 2. The second kappa shape index (κ2) is 8.07. The summed E-state index contributed by atoms with van der Waals surface area (Å²) in [5.41, 5.74) is 1.70. The maximum atomic E-state index is 13.1. The lowest BCUT2D eigenvalue weighted by atomic mass is 9.98. The van der Waals surface area contributed by atoms with Crippen molar-refractivity contribution in [3.63, 3.8) is 0 Å². The van der Waals surface area contributed by atoms with Crippen LogP contribution in [0.4, 0.5) is 5.69 Å². The van der Waals surface area contributed by atoms with E-state index >= 15 is 0 Å². The van der Waals surface area contributed by atoms with Gasteiger partial charge in [-0.15, -0.1) is 0 Å². The Kier molecular flexibility index (Phi) is 5.45. The number of nitrogens with zero attached hydrogens (tertiary/aromatic N) is 1. The molecule has 31 heavy (non-hydrogen) atoms. The molecule has 1 unspecified atom stereocenters. The fraction of sp³-hybridized carbons (Fsp3) is 0.167. The smallest absolute Gasteiger partial charge is 0.300 e. The van der Waals surface area contributed by atoms with Crippen LogP contribution in [0.25, 0.3) is 5.76 Å². The van der Waals surface area contributed by atoms with Crippen molar-refractivity contribution < 1.29 is 23.8 Å². The number of hydrogen-bond donors (Lipinski definition) is 1. The fourth-order valence-electron chi connectivity index (χ4n) is 3.78. The number of methoxy groups -OCH3 is 1. The van der Waals surface area contributed by atoms with Crippen LogP contribution in [0.5, 0.6) is 5.75 Å². The molecule has 2 heterocycles. The number of carbonyl (C=O) groups excluding carboxylic acids is 2. The topological polar surface area (TPSA) is 80.0 Å². The zero-order valence-electron chi connectivity index (χ0n) is 17.2. The highest BCUT2D eigenvalue weighted by molar-refractivity contribution is 9.10. The first-order valence-corrected chi connectivity index (χ1v) is 10.4. The average Bonchev–Trinajstić information content (AvgIpc) is 3.28. The summed E-state index contributed by atoms with van der Waals surface area (Å²) in [6.45, 7) is 3.62. The van der Waals surface area contributed by atoms with E-state index in [4.69, 9.17) is 9.15 Å². The van der Waals surface area contributed by atoms with Crippen LogP contribution in [0.2, 0.25) is 0 Å². The minimum atomic E-state index is -0.898. The number of aryl methyl sites for hydroxylation is 2. The van der Waals surface area contributed by atoms with Gasteiger partial charge in [0.05, 0.1) is 12.7 Å². The quantitative estimate of drug-likeness (QED) is 0.311. The highest BCUT2D eigenvalue weighted by atomic mass is 79.9. The van der Waals surface area contributed by atoms with Gasteiger partial charge in [-0.25, -0.2) is 0 Å². The van der Waals surface area contributed by atoms with Gasteiger partial charge >= 0.3 is 0 Å². The van der Waals surface area contributed by atoms with Gasteiger partial charge in [-0.05, 0) is 67.9 Å². The van der Waals surface area contributed by atoms with Crippen LogP contribution in [-0.2, 0) is 9.59 Å². The minimum absolute atomic E-state index is 0.0242. The van der Waals surface area contributed by atoms with Crippen LogP contribution in [0.1, 0.15) is 28.7 Å². The van der Waals surface area contributed by atoms with Crippen LogP contribution >= 0.6 is 15.9 Å². The van der Waals surface area contributed by atoms with Crippen molar-refractivity contribution >= 4 is 39.1 Å². The molecule has 1 saturated heterocycles. The minimum Gasteiger partial charge on any atom is -0.507 e. The molecule has 1 atom stereocenters. The number of rotatable bonds is 4. The standard InChI is InChI=1S/C24H20BrNO5/c1-13-11-15(8-10-18(13)30-3)22(27)20-21(19-9-7-14(2)31-19)26(24(29)23(20)28)17-6-4-5-16(25)12-17/h4-12,21,27H,1-3H3/b22-20-. The van der Waals surface area contributed by atoms with Crippen LogP contribution < -0.4 is 9.64 Å². The zero-order chi connectivity index (χ0) is 22.3. The predicted octanol–water partition coefficient (Wildman–Crippen LogP) is 5.29. The highest BCUT2D eigenvalue weighted by Crippen LogP contribution is 2.43. The van der Waals surface area contributed by atoms with Gasteiger partial charge in [-0.3, -0.25) is 14.5 Å². The Hall–Kier alpha value is -3.32. The lowest BCUT2D eigenvalue weighted by molar-refractivity contribution is -0.132. The molecule has 3 aromatic rings. The molecule has 1 aromatic heterocycles. The number of Topliss-reactive ketones (excluding diaryl/α,β-unsaturated/α-hetero) is 1. The molecular formula is C24H20BrNO5. The molecule has 4 rings (SSSR count). The van der Waals surface area contributed by atoms with Crippen LogP contribution in [0.3, 0.4) is 0 Å². The Balaban J connectivity index is 1.93. The number of aliphatic hydroxyl groups is 1. The van der Waals surface area contributed by atoms with Crippen molar-refractivity contribution in [3.8, 4) is 5.75 Å². The largest absolute Gasteiger partial charge is 0.507 e.